The molecule has 0 saturated heterocycles. The van der Waals surface area contributed by atoms with Crippen LogP contribution in [0.3, 0.4) is 0 Å². The van der Waals surface area contributed by atoms with Gasteiger partial charge in [-0.1, -0.05) is 12.1 Å². The van der Waals surface area contributed by atoms with Gasteiger partial charge in [0.25, 0.3) is 0 Å². The Bertz CT molecular complexity index is 665. The molecule has 0 spiro atoms. The average molecular weight is 280 g/mol. The fourth-order valence-corrected chi connectivity index (χ4v) is 3.03. The number of hydrogen-bond acceptors (Lipinski definition) is 5. The molecule has 0 bridgehead atoms. The van der Waals surface area contributed by atoms with E-state index in [1.54, 1.807) is 24.3 Å². The first kappa shape index (κ1) is 13.4. The predicted molar refractivity (Wildman–Crippen MR) is 70.0 cm³/mol. The highest BCUT2D eigenvalue weighted by Crippen LogP contribution is 2.32. The lowest BCUT2D eigenvalue weighted by atomic mass is 10.1. The molecule has 0 fully saturated rings. The first-order valence-corrected chi connectivity index (χ1v) is 6.94. The van der Waals surface area contributed by atoms with Crippen LogP contribution in [-0.4, -0.2) is 28.6 Å². The fraction of sp³-hybridized carbons (Fsp3) is 0.154. The molecule has 19 heavy (non-hydrogen) atoms. The molecule has 1 aliphatic heterocycles. The number of methoxy groups -OCH3 is 2. The number of carbonyl (C=O) groups excluding carboxylic acids is 1. The third-order valence-electron chi connectivity index (χ3n) is 2.71. The molecule has 0 unspecified atom stereocenters. The van der Waals surface area contributed by atoms with E-state index in [2.05, 4.69) is 4.74 Å². The molecule has 0 saturated carbocycles. The van der Waals surface area contributed by atoms with Crippen molar-refractivity contribution in [2.45, 2.75) is 0 Å². The smallest absolute Gasteiger partial charge is 0.350 e. The van der Waals surface area contributed by atoms with E-state index in [0.29, 0.717) is 16.9 Å². The van der Waals surface area contributed by atoms with Gasteiger partial charge in [0, 0.05) is 11.0 Å². The van der Waals surface area contributed by atoms with Crippen molar-refractivity contribution in [2.75, 3.05) is 14.2 Å². The van der Waals surface area contributed by atoms with Gasteiger partial charge in [0.2, 0.25) is 9.84 Å². The first-order valence-electron chi connectivity index (χ1n) is 5.40. The number of sulfone groups is 1. The monoisotopic (exact) mass is 280 g/mol. The lowest BCUT2D eigenvalue weighted by molar-refractivity contribution is -0.135. The van der Waals surface area contributed by atoms with Crippen LogP contribution in [0.4, 0.5) is 0 Å². The van der Waals surface area contributed by atoms with Crippen molar-refractivity contribution in [1.82, 2.24) is 0 Å². The van der Waals surface area contributed by atoms with Crippen molar-refractivity contribution in [2.24, 2.45) is 0 Å². The van der Waals surface area contributed by atoms with Crippen molar-refractivity contribution < 1.29 is 22.7 Å². The van der Waals surface area contributed by atoms with E-state index >= 15 is 0 Å². The zero-order valence-electron chi connectivity index (χ0n) is 10.4. The number of ether oxygens (including phenoxy) is 2. The van der Waals surface area contributed by atoms with E-state index in [4.69, 9.17) is 4.74 Å². The van der Waals surface area contributed by atoms with E-state index in [9.17, 15) is 13.2 Å². The van der Waals surface area contributed by atoms with Gasteiger partial charge in [-0.3, -0.25) is 0 Å². The quantitative estimate of drug-likeness (QED) is 0.785. The number of esters is 1. The van der Waals surface area contributed by atoms with Crippen molar-refractivity contribution in [1.29, 1.82) is 0 Å². The third-order valence-corrected chi connectivity index (χ3v) is 4.16. The maximum absolute atomic E-state index is 11.8. The Balaban J connectivity index is 2.56. The van der Waals surface area contributed by atoms with Crippen LogP contribution in [0.15, 0.2) is 40.7 Å². The molecule has 1 aromatic carbocycles. The van der Waals surface area contributed by atoms with Gasteiger partial charge in [-0.05, 0) is 23.8 Å². The number of rotatable bonds is 3. The third kappa shape index (κ3) is 2.39. The van der Waals surface area contributed by atoms with Crippen LogP contribution in [0.2, 0.25) is 0 Å². The van der Waals surface area contributed by atoms with Crippen molar-refractivity contribution in [3.63, 3.8) is 0 Å². The highest BCUT2D eigenvalue weighted by molar-refractivity contribution is 7.99. The molecule has 0 atom stereocenters. The molecule has 0 radical (unpaired) electrons. The lowest BCUT2D eigenvalue weighted by Gasteiger charge is -2.06. The highest BCUT2D eigenvalue weighted by atomic mass is 32.2. The zero-order valence-corrected chi connectivity index (χ0v) is 11.2. The minimum atomic E-state index is -3.72. The topological polar surface area (TPSA) is 69.7 Å². The van der Waals surface area contributed by atoms with Crippen LogP contribution in [0.5, 0.6) is 5.75 Å². The molecular weight excluding hydrogens is 268 g/mol. The van der Waals surface area contributed by atoms with Gasteiger partial charge in [0.1, 0.15) is 5.75 Å². The second-order valence-corrected chi connectivity index (χ2v) is 5.58. The van der Waals surface area contributed by atoms with Crippen molar-refractivity contribution in [3.05, 3.63) is 46.2 Å². The summed E-state index contributed by atoms with van der Waals surface area (Å²) in [4.78, 5) is 11.3. The second-order valence-electron chi connectivity index (χ2n) is 3.81. The predicted octanol–water partition coefficient (Wildman–Crippen LogP) is 1.52. The zero-order chi connectivity index (χ0) is 14.0. The molecule has 0 aliphatic carbocycles. The molecule has 1 aromatic rings. The van der Waals surface area contributed by atoms with Crippen LogP contribution in [-0.2, 0) is 19.4 Å². The number of allylic oxidation sites excluding steroid dienone is 2. The Kier molecular flexibility index (Phi) is 3.44. The van der Waals surface area contributed by atoms with Gasteiger partial charge >= 0.3 is 5.97 Å². The molecule has 0 aromatic heterocycles. The SMILES string of the molecule is COC(=O)C1=C(c2ccc(OC)cc2)C=CS1(=O)=O. The average Bonchev–Trinajstić information content (AvgIpc) is 2.73. The van der Waals surface area contributed by atoms with Crippen molar-refractivity contribution >= 4 is 21.4 Å². The van der Waals surface area contributed by atoms with E-state index in [-0.39, 0.29) is 4.91 Å². The molecule has 5 nitrogen and oxygen atoms in total. The fourth-order valence-electron chi connectivity index (χ4n) is 1.77. The van der Waals surface area contributed by atoms with Gasteiger partial charge in [-0.15, -0.1) is 0 Å². The minimum Gasteiger partial charge on any atom is -0.497 e. The van der Waals surface area contributed by atoms with Gasteiger partial charge in [-0.25, -0.2) is 13.2 Å². The normalized spacial score (nSPS) is 16.5. The highest BCUT2D eigenvalue weighted by Gasteiger charge is 2.31. The summed E-state index contributed by atoms with van der Waals surface area (Å²) in [6, 6.07) is 6.75. The van der Waals surface area contributed by atoms with Gasteiger partial charge in [-0.2, -0.15) is 0 Å². The standard InChI is InChI=1S/C13H12O5S/c1-17-10-5-3-9(4-6-10)11-7-8-19(15,16)12(11)13(14)18-2/h3-8H,1-2H3. The summed E-state index contributed by atoms with van der Waals surface area (Å²) in [5, 5.41) is 0.999. The van der Waals surface area contributed by atoms with Crippen molar-refractivity contribution in [3.8, 4) is 5.75 Å². The Morgan fingerprint density at radius 3 is 2.26 bits per heavy atom. The lowest BCUT2D eigenvalue weighted by Crippen LogP contribution is -2.12. The molecule has 1 aliphatic rings. The molecule has 6 heteroatoms. The molecule has 2 rings (SSSR count). The molecule has 0 N–H and O–H groups in total. The Morgan fingerprint density at radius 2 is 1.74 bits per heavy atom. The Morgan fingerprint density at radius 1 is 1.11 bits per heavy atom. The first-order chi connectivity index (χ1) is 8.99. The minimum absolute atomic E-state index is 0.328. The number of hydrogen-bond donors (Lipinski definition) is 0. The van der Waals surface area contributed by atoms with Gasteiger partial charge < -0.3 is 9.47 Å². The summed E-state index contributed by atoms with van der Waals surface area (Å²) in [7, 11) is -1.03. The summed E-state index contributed by atoms with van der Waals surface area (Å²) in [6.45, 7) is 0. The molecule has 1 heterocycles. The molecule has 0 amide bonds. The number of carbonyl (C=O) groups is 1. The maximum atomic E-state index is 11.8. The van der Waals surface area contributed by atoms with Crippen LogP contribution in [0, 0.1) is 0 Å². The largest absolute Gasteiger partial charge is 0.497 e. The van der Waals surface area contributed by atoms with E-state index < -0.39 is 15.8 Å². The van der Waals surface area contributed by atoms with Crippen LogP contribution >= 0.6 is 0 Å². The summed E-state index contributed by atoms with van der Waals surface area (Å²) in [5.74, 6) is -0.218. The van der Waals surface area contributed by atoms with Crippen LogP contribution in [0.1, 0.15) is 5.56 Å². The summed E-state index contributed by atoms with van der Waals surface area (Å²) >= 11 is 0. The van der Waals surface area contributed by atoms with E-state index in [1.165, 1.54) is 13.2 Å². The van der Waals surface area contributed by atoms with E-state index in [0.717, 1.165) is 12.5 Å². The Labute approximate surface area is 111 Å². The van der Waals surface area contributed by atoms with Crippen LogP contribution in [0.25, 0.3) is 5.57 Å². The Hall–Kier alpha value is -2.08. The molecule has 100 valence electrons. The molecular formula is C13H12O5S. The second kappa shape index (κ2) is 4.89. The van der Waals surface area contributed by atoms with Crippen LogP contribution < -0.4 is 4.74 Å². The van der Waals surface area contributed by atoms with Gasteiger partial charge in [0.15, 0.2) is 4.91 Å². The maximum Gasteiger partial charge on any atom is 0.350 e. The van der Waals surface area contributed by atoms with E-state index in [1.807, 2.05) is 0 Å². The summed E-state index contributed by atoms with van der Waals surface area (Å²) < 4.78 is 33.1. The number of benzene rings is 1. The summed E-state index contributed by atoms with van der Waals surface area (Å²) in [6.07, 6.45) is 1.39. The van der Waals surface area contributed by atoms with Gasteiger partial charge in [0.05, 0.1) is 14.2 Å². The summed E-state index contributed by atoms with van der Waals surface area (Å²) in [5.41, 5.74) is 0.938.